The number of ether oxygens (including phenoxy) is 2. The highest BCUT2D eigenvalue weighted by molar-refractivity contribution is 7.59. The fourth-order valence-electron chi connectivity index (χ4n) is 7.06. The SMILES string of the molecule is Cc1cnc(NC2CCOCC2)nc1-n1cnc(C(=O)N[C@H](CN=[N+]=[N-])c2cc(F)cc(Cl)c2)c1.Cc1cnc(NC2CCOCC2)nc1-n1cnc(C(=O)O)c1.Cl.S.S.[N-]=[N+]=NC[C@@H](N)c1cc(F)cc(Cl)c1. The molecule has 4 aromatic heterocycles. The Labute approximate surface area is 453 Å². The maximum atomic E-state index is 13.8. The quantitative estimate of drug-likeness (QED) is 0.0364. The lowest BCUT2D eigenvalue weighted by molar-refractivity contribution is 0.0690. The molecule has 396 valence electrons. The number of azide groups is 2. The lowest BCUT2D eigenvalue weighted by Gasteiger charge is -2.23. The van der Waals surface area contributed by atoms with Crippen LogP contribution in [0.1, 0.15) is 81.0 Å². The van der Waals surface area contributed by atoms with Crippen molar-refractivity contribution in [1.29, 1.82) is 0 Å². The minimum Gasteiger partial charge on any atom is -0.476 e. The molecule has 2 aliphatic rings. The van der Waals surface area contributed by atoms with E-state index in [2.05, 4.69) is 65.9 Å². The highest BCUT2D eigenvalue weighted by atomic mass is 35.5. The van der Waals surface area contributed by atoms with E-state index in [-0.39, 0.29) is 80.0 Å². The molecule has 2 fully saturated rings. The summed E-state index contributed by atoms with van der Waals surface area (Å²) in [5.74, 6) is -0.424. The molecule has 2 aromatic carbocycles. The molecule has 6 aromatic rings. The van der Waals surface area contributed by atoms with Gasteiger partial charge in [-0.05, 0) is 98.1 Å². The monoisotopic (exact) mass is 1120 g/mol. The first-order chi connectivity index (χ1) is 34.2. The van der Waals surface area contributed by atoms with E-state index in [1.165, 1.54) is 49.3 Å². The molecular weight excluding hydrogens is 1070 g/mol. The summed E-state index contributed by atoms with van der Waals surface area (Å²) in [6, 6.07) is 7.06. The van der Waals surface area contributed by atoms with Crippen LogP contribution in [-0.4, -0.2) is 108 Å². The van der Waals surface area contributed by atoms with Crippen molar-refractivity contribution in [3.63, 3.8) is 0 Å². The number of aryl methyl sites for hydroxylation is 2. The van der Waals surface area contributed by atoms with E-state index in [0.29, 0.717) is 53.9 Å². The molecule has 74 heavy (non-hydrogen) atoms. The topological polar surface area (TPSA) is 320 Å². The molecule has 2 saturated heterocycles. The van der Waals surface area contributed by atoms with Crippen molar-refractivity contribution < 1.29 is 33.0 Å². The second kappa shape index (κ2) is 30.6. The number of carbonyl (C=O) groups is 2. The predicted octanol–water partition coefficient (Wildman–Crippen LogP) is 8.83. The Morgan fingerprint density at radius 3 is 1.66 bits per heavy atom. The van der Waals surface area contributed by atoms with Crippen LogP contribution in [0.3, 0.4) is 0 Å². The van der Waals surface area contributed by atoms with Crippen LogP contribution in [0.5, 0.6) is 0 Å². The number of hydrogen-bond acceptors (Lipinski definition) is 15. The van der Waals surface area contributed by atoms with Crippen molar-refractivity contribution >= 4 is 86.4 Å². The van der Waals surface area contributed by atoms with Gasteiger partial charge in [0.15, 0.2) is 5.69 Å². The molecule has 0 saturated carbocycles. The largest absolute Gasteiger partial charge is 0.476 e. The summed E-state index contributed by atoms with van der Waals surface area (Å²) in [6.45, 7) is 6.54. The Hall–Kier alpha value is -6.51. The Bertz CT molecular complexity index is 2860. The molecular formula is C44H53Cl3F2N18O5S2. The van der Waals surface area contributed by atoms with Crippen LogP contribution in [0.25, 0.3) is 32.5 Å². The molecule has 1 amide bonds. The fraction of sp³-hybridized carbons (Fsp3) is 0.364. The van der Waals surface area contributed by atoms with Crippen molar-refractivity contribution in [3.8, 4) is 11.6 Å². The summed E-state index contributed by atoms with van der Waals surface area (Å²) >= 11 is 11.6. The van der Waals surface area contributed by atoms with E-state index in [0.717, 1.165) is 56.1 Å². The van der Waals surface area contributed by atoms with Gasteiger partial charge < -0.3 is 36.3 Å². The summed E-state index contributed by atoms with van der Waals surface area (Å²) in [7, 11) is 0. The lowest BCUT2D eigenvalue weighted by atomic mass is 10.1. The number of aromatic nitrogens is 8. The normalized spacial score (nSPS) is 13.9. The molecule has 0 bridgehead atoms. The van der Waals surface area contributed by atoms with Crippen LogP contribution in [0.2, 0.25) is 10.0 Å². The molecule has 8 rings (SSSR count). The molecule has 0 spiro atoms. The Kier molecular flexibility index (Phi) is 25.6. The molecule has 0 aliphatic carbocycles. The predicted molar refractivity (Wildman–Crippen MR) is 286 cm³/mol. The highest BCUT2D eigenvalue weighted by Crippen LogP contribution is 2.23. The maximum Gasteiger partial charge on any atom is 0.356 e. The van der Waals surface area contributed by atoms with Gasteiger partial charge in [0, 0.05) is 107 Å². The zero-order chi connectivity index (χ0) is 50.9. The number of rotatable bonds is 15. The van der Waals surface area contributed by atoms with Crippen molar-refractivity contribution in [3.05, 3.63) is 150 Å². The number of nitrogens with one attached hydrogen (secondary N) is 3. The standard InChI is InChI=1S/C22H23ClFN9O2.C14H17N5O3.C8H8ClFN4.ClH.2H2S/c1-13-9-26-22(29-17-2-4-35-5-3-17)31-20(13)33-11-19(27-12-33)21(34)30-18(10-28-32-25)14-6-15(23)8-16(24)7-14;1-9-6-15-14(17-10-2-4-22-5-3-10)18-12(9)19-7-11(13(20)21)16-8-19;9-6-1-5(2-7(10)3-6)8(11)4-13-14-12;;;/h6-9,11-12,17-18H,2-5,10H2,1H3,(H,30,34)(H,26,29,31);6-8,10H,2-5H2,1H3,(H,20,21)(H,15,17,18);1-3,8H,4,11H2;1H;2*1H2/t18-;;8-;;;/m1.1.../s1. The first-order valence-electron chi connectivity index (χ1n) is 21.9. The summed E-state index contributed by atoms with van der Waals surface area (Å²) in [4.78, 5) is 54.9. The molecule has 30 heteroatoms. The molecule has 6 N–H and O–H groups in total. The van der Waals surface area contributed by atoms with Gasteiger partial charge in [0.1, 0.15) is 41.6 Å². The smallest absolute Gasteiger partial charge is 0.356 e. The van der Waals surface area contributed by atoms with Gasteiger partial charge in [0.25, 0.3) is 5.91 Å². The molecule has 6 heterocycles. The van der Waals surface area contributed by atoms with E-state index >= 15 is 0 Å². The molecule has 2 atom stereocenters. The van der Waals surface area contributed by atoms with Crippen LogP contribution < -0.4 is 21.7 Å². The van der Waals surface area contributed by atoms with E-state index < -0.39 is 35.6 Å². The number of carbonyl (C=O) groups excluding carboxylic acids is 1. The number of amides is 1. The summed E-state index contributed by atoms with van der Waals surface area (Å²) in [5.41, 5.74) is 25.0. The van der Waals surface area contributed by atoms with Gasteiger partial charge in [-0.15, -0.1) is 12.4 Å². The summed E-state index contributed by atoms with van der Waals surface area (Å²) < 4.78 is 40.6. The zero-order valence-electron chi connectivity index (χ0n) is 39.6. The molecule has 0 unspecified atom stereocenters. The van der Waals surface area contributed by atoms with Crippen molar-refractivity contribution in [2.45, 2.75) is 63.7 Å². The van der Waals surface area contributed by atoms with Gasteiger partial charge in [-0.1, -0.05) is 33.4 Å². The van der Waals surface area contributed by atoms with E-state index in [1.54, 1.807) is 27.6 Å². The molecule has 2 aliphatic heterocycles. The third-order valence-corrected chi connectivity index (χ3v) is 11.1. The second-order valence-electron chi connectivity index (χ2n) is 16.0. The third-order valence-electron chi connectivity index (χ3n) is 10.7. The minimum atomic E-state index is -1.06. The third kappa shape index (κ3) is 18.5. The first-order valence-corrected chi connectivity index (χ1v) is 22.6. The lowest BCUT2D eigenvalue weighted by Crippen LogP contribution is -2.30. The Morgan fingerprint density at radius 2 is 1.20 bits per heavy atom. The van der Waals surface area contributed by atoms with Crippen LogP contribution in [0, 0.1) is 25.5 Å². The second-order valence-corrected chi connectivity index (χ2v) is 16.8. The van der Waals surface area contributed by atoms with Crippen LogP contribution in [0.4, 0.5) is 20.7 Å². The van der Waals surface area contributed by atoms with Gasteiger partial charge in [-0.2, -0.15) is 37.0 Å². The highest BCUT2D eigenvalue weighted by Gasteiger charge is 2.21. The number of carboxylic acids is 1. The average molecular weight is 1120 g/mol. The van der Waals surface area contributed by atoms with Gasteiger partial charge in [-0.3, -0.25) is 13.9 Å². The Balaban J connectivity index is 0.000000317. The number of imidazole rings is 2. The van der Waals surface area contributed by atoms with E-state index in [4.69, 9.17) is 54.6 Å². The number of benzene rings is 2. The molecule has 0 radical (unpaired) electrons. The maximum absolute atomic E-state index is 13.8. The minimum absolute atomic E-state index is 0. The van der Waals surface area contributed by atoms with Crippen LogP contribution in [-0.2, 0) is 9.47 Å². The first kappa shape index (κ1) is 61.8. The van der Waals surface area contributed by atoms with Gasteiger partial charge in [0.05, 0.1) is 12.6 Å². The Morgan fingerprint density at radius 1 is 0.757 bits per heavy atom. The molecule has 23 nitrogen and oxygen atoms in total. The van der Waals surface area contributed by atoms with Gasteiger partial charge in [-0.25, -0.2) is 33.5 Å². The van der Waals surface area contributed by atoms with Gasteiger partial charge in [0.2, 0.25) is 11.9 Å². The van der Waals surface area contributed by atoms with Crippen molar-refractivity contribution in [2.24, 2.45) is 16.0 Å². The number of carboxylic acid groups (broad SMARTS) is 1. The average Bonchev–Trinajstić information content (AvgIpc) is 4.06. The van der Waals surface area contributed by atoms with Crippen LogP contribution in [0.15, 0.2) is 84.1 Å². The fourth-order valence-corrected chi connectivity index (χ4v) is 7.52. The van der Waals surface area contributed by atoms with E-state index in [9.17, 15) is 18.4 Å². The number of nitrogens with zero attached hydrogens (tertiary/aromatic N) is 14. The van der Waals surface area contributed by atoms with Crippen molar-refractivity contribution in [1.82, 2.24) is 44.4 Å². The number of hydrogen-bond donors (Lipinski definition) is 5. The van der Waals surface area contributed by atoms with Crippen molar-refractivity contribution in [2.75, 3.05) is 50.2 Å². The summed E-state index contributed by atoms with van der Waals surface area (Å²) in [5, 5.41) is 25.5. The zero-order valence-corrected chi connectivity index (χ0v) is 44.0. The number of aromatic carboxylic acids is 1. The van der Waals surface area contributed by atoms with Crippen LogP contribution >= 0.6 is 62.6 Å². The number of halogens is 5. The van der Waals surface area contributed by atoms with Gasteiger partial charge >= 0.3 is 5.97 Å². The number of nitrogens with two attached hydrogens (primary N) is 1. The van der Waals surface area contributed by atoms with E-state index in [1.807, 2.05) is 13.8 Å². The summed E-state index contributed by atoms with van der Waals surface area (Å²) in [6.07, 6.45) is 12.9. The number of anilines is 2.